The van der Waals surface area contributed by atoms with Crippen LogP contribution in [-0.4, -0.2) is 35.8 Å². The number of nitrogens with one attached hydrogen (secondary N) is 2. The van der Waals surface area contributed by atoms with Crippen molar-refractivity contribution in [3.63, 3.8) is 0 Å². The second kappa shape index (κ2) is 8.91. The van der Waals surface area contributed by atoms with E-state index >= 15 is 0 Å². The number of carbonyl (C=O) groups is 2. The number of nitrogens with zero attached hydrogens (tertiary/aromatic N) is 2. The fourth-order valence-corrected chi connectivity index (χ4v) is 2.80. The van der Waals surface area contributed by atoms with Gasteiger partial charge in [-0.25, -0.2) is 4.98 Å². The van der Waals surface area contributed by atoms with Crippen LogP contribution >= 0.6 is 0 Å². The number of anilines is 3. The Morgan fingerprint density at radius 1 is 1.00 bits per heavy atom. The van der Waals surface area contributed by atoms with Gasteiger partial charge in [0.2, 0.25) is 0 Å². The van der Waals surface area contributed by atoms with Crippen molar-refractivity contribution in [2.24, 2.45) is 5.73 Å². The number of hydrogen-bond donors (Lipinski definition) is 3. The number of carbonyl (C=O) groups excluding carboxylic acids is 2. The molecule has 2 amide bonds. The summed E-state index contributed by atoms with van der Waals surface area (Å²) in [5, 5.41) is 6.31. The third-order valence-electron chi connectivity index (χ3n) is 4.39. The van der Waals surface area contributed by atoms with E-state index in [1.54, 1.807) is 44.4 Å². The monoisotopic (exact) mass is 401 g/mol. The van der Waals surface area contributed by atoms with Crippen molar-refractivity contribution in [1.82, 2.24) is 9.88 Å². The molecule has 0 aliphatic rings. The molecule has 0 unspecified atom stereocenters. The van der Waals surface area contributed by atoms with Crippen molar-refractivity contribution in [2.45, 2.75) is 0 Å². The third-order valence-corrected chi connectivity index (χ3v) is 4.39. The number of primary amides is 1. The number of amides is 2. The normalized spacial score (nSPS) is 10.2. The number of rotatable bonds is 7. The average Bonchev–Trinajstić information content (AvgIpc) is 2.74. The number of pyridine rings is 1. The first-order valence-electron chi connectivity index (χ1n) is 9.25. The minimum Gasteiger partial charge on any atom is -0.365 e. The Kier molecular flexibility index (Phi) is 6.12. The van der Waals surface area contributed by atoms with E-state index in [2.05, 4.69) is 22.2 Å². The average molecular weight is 401 g/mol. The van der Waals surface area contributed by atoms with Crippen LogP contribution in [0.4, 0.5) is 17.2 Å². The van der Waals surface area contributed by atoms with Crippen molar-refractivity contribution >= 4 is 34.7 Å². The van der Waals surface area contributed by atoms with Gasteiger partial charge in [-0.3, -0.25) is 9.59 Å². The van der Waals surface area contributed by atoms with Crippen molar-refractivity contribution in [3.05, 3.63) is 90.1 Å². The molecule has 7 nitrogen and oxygen atoms in total. The van der Waals surface area contributed by atoms with E-state index in [-0.39, 0.29) is 11.5 Å². The molecule has 3 aromatic rings. The highest BCUT2D eigenvalue weighted by Crippen LogP contribution is 2.25. The van der Waals surface area contributed by atoms with E-state index in [9.17, 15) is 9.59 Å². The van der Waals surface area contributed by atoms with Crippen LogP contribution in [0, 0.1) is 0 Å². The molecule has 30 heavy (non-hydrogen) atoms. The highest BCUT2D eigenvalue weighted by molar-refractivity contribution is 6.00. The Morgan fingerprint density at radius 2 is 1.67 bits per heavy atom. The summed E-state index contributed by atoms with van der Waals surface area (Å²) in [5.41, 5.74) is 9.09. The molecule has 0 bridgehead atoms. The minimum atomic E-state index is -0.594. The van der Waals surface area contributed by atoms with E-state index in [1.807, 2.05) is 30.3 Å². The largest absolute Gasteiger partial charge is 0.365 e. The fourth-order valence-electron chi connectivity index (χ4n) is 2.80. The van der Waals surface area contributed by atoms with E-state index in [1.165, 1.54) is 11.1 Å². The third kappa shape index (κ3) is 4.82. The molecule has 1 aromatic heterocycles. The van der Waals surface area contributed by atoms with Crippen LogP contribution in [0.1, 0.15) is 26.3 Å². The van der Waals surface area contributed by atoms with Gasteiger partial charge in [-0.1, -0.05) is 36.9 Å². The molecule has 0 aliphatic heterocycles. The van der Waals surface area contributed by atoms with Gasteiger partial charge in [0.05, 0.1) is 11.3 Å². The van der Waals surface area contributed by atoms with E-state index in [4.69, 9.17) is 5.73 Å². The van der Waals surface area contributed by atoms with Gasteiger partial charge in [-0.05, 0) is 29.8 Å². The van der Waals surface area contributed by atoms with Gasteiger partial charge in [0.15, 0.2) is 0 Å². The van der Waals surface area contributed by atoms with Crippen LogP contribution in [-0.2, 0) is 0 Å². The quantitative estimate of drug-likeness (QED) is 0.560. The van der Waals surface area contributed by atoms with Crippen LogP contribution in [0.3, 0.4) is 0 Å². The standard InChI is InChI=1S/C23H23N5O2/c1-15(16-7-5-4-6-8-16)26-20-13-21(25-14-19(20)22(24)29)27-18-11-9-17(10-12-18)23(30)28(2)3/h4-14H,1H2,2-3H3,(H2,24,29)(H2,25,26,27). The zero-order chi connectivity index (χ0) is 21.7. The smallest absolute Gasteiger partial charge is 0.253 e. The maximum absolute atomic E-state index is 12.0. The molecule has 0 saturated carbocycles. The van der Waals surface area contributed by atoms with Gasteiger partial charge >= 0.3 is 0 Å². The molecule has 0 atom stereocenters. The van der Waals surface area contributed by atoms with Crippen LogP contribution in [0.2, 0.25) is 0 Å². The van der Waals surface area contributed by atoms with Crippen molar-refractivity contribution in [3.8, 4) is 0 Å². The Morgan fingerprint density at radius 3 is 2.27 bits per heavy atom. The summed E-state index contributed by atoms with van der Waals surface area (Å²) in [6.45, 7) is 4.03. The Labute approximate surface area is 175 Å². The highest BCUT2D eigenvalue weighted by atomic mass is 16.2. The molecule has 0 aliphatic carbocycles. The summed E-state index contributed by atoms with van der Waals surface area (Å²) >= 11 is 0. The van der Waals surface area contributed by atoms with Crippen molar-refractivity contribution in [2.75, 3.05) is 24.7 Å². The number of hydrogen-bond acceptors (Lipinski definition) is 5. The Balaban J connectivity index is 1.82. The molecule has 2 aromatic carbocycles. The van der Waals surface area contributed by atoms with Crippen LogP contribution in [0.15, 0.2) is 73.4 Å². The first kappa shape index (κ1) is 20.6. The number of aromatic nitrogens is 1. The Bertz CT molecular complexity index is 1080. The second-order valence-electron chi connectivity index (χ2n) is 6.85. The fraction of sp³-hybridized carbons (Fsp3) is 0.0870. The second-order valence-corrected chi connectivity index (χ2v) is 6.85. The zero-order valence-electron chi connectivity index (χ0n) is 16.8. The maximum atomic E-state index is 12.0. The van der Waals surface area contributed by atoms with Gasteiger partial charge in [-0.15, -0.1) is 0 Å². The summed E-state index contributed by atoms with van der Waals surface area (Å²) in [6.07, 6.45) is 1.41. The van der Waals surface area contributed by atoms with Crippen LogP contribution < -0.4 is 16.4 Å². The molecule has 152 valence electrons. The molecular formula is C23H23N5O2. The van der Waals surface area contributed by atoms with E-state index in [0.29, 0.717) is 22.8 Å². The van der Waals surface area contributed by atoms with Crippen molar-refractivity contribution < 1.29 is 9.59 Å². The Hall–Kier alpha value is -4.13. The van der Waals surface area contributed by atoms with Crippen molar-refractivity contribution in [1.29, 1.82) is 0 Å². The lowest BCUT2D eigenvalue weighted by Crippen LogP contribution is -2.21. The van der Waals surface area contributed by atoms with Gasteiger partial charge in [0.25, 0.3) is 11.8 Å². The molecular weight excluding hydrogens is 378 g/mol. The predicted molar refractivity (Wildman–Crippen MR) is 120 cm³/mol. The maximum Gasteiger partial charge on any atom is 0.253 e. The van der Waals surface area contributed by atoms with Gasteiger partial charge in [0.1, 0.15) is 5.82 Å². The predicted octanol–water partition coefficient (Wildman–Crippen LogP) is 3.71. The van der Waals surface area contributed by atoms with Gasteiger partial charge < -0.3 is 21.3 Å². The molecule has 0 radical (unpaired) electrons. The minimum absolute atomic E-state index is 0.0728. The molecule has 7 heteroatoms. The molecule has 0 spiro atoms. The lowest BCUT2D eigenvalue weighted by Gasteiger charge is -2.15. The molecule has 1 heterocycles. The van der Waals surface area contributed by atoms with E-state index < -0.39 is 5.91 Å². The summed E-state index contributed by atoms with van der Waals surface area (Å²) in [6, 6.07) is 18.3. The van der Waals surface area contributed by atoms with Gasteiger partial charge in [0, 0.05) is 43.3 Å². The molecule has 4 N–H and O–H groups in total. The topological polar surface area (TPSA) is 100 Å². The lowest BCUT2D eigenvalue weighted by molar-refractivity contribution is 0.0827. The summed E-state index contributed by atoms with van der Waals surface area (Å²) in [4.78, 5) is 29.6. The first-order chi connectivity index (χ1) is 14.3. The van der Waals surface area contributed by atoms with Gasteiger partial charge in [-0.2, -0.15) is 0 Å². The van der Waals surface area contributed by atoms with Crippen LogP contribution in [0.25, 0.3) is 5.70 Å². The molecule has 0 saturated heterocycles. The van der Waals surface area contributed by atoms with E-state index in [0.717, 1.165) is 11.3 Å². The SMILES string of the molecule is C=C(Nc1cc(Nc2ccc(C(=O)N(C)C)cc2)ncc1C(N)=O)c1ccccc1. The first-order valence-corrected chi connectivity index (χ1v) is 9.25. The summed E-state index contributed by atoms with van der Waals surface area (Å²) in [7, 11) is 3.41. The highest BCUT2D eigenvalue weighted by Gasteiger charge is 2.12. The summed E-state index contributed by atoms with van der Waals surface area (Å²) < 4.78 is 0. The molecule has 0 fully saturated rings. The molecule has 3 rings (SSSR count). The zero-order valence-corrected chi connectivity index (χ0v) is 16.8. The van der Waals surface area contributed by atoms with Crippen LogP contribution in [0.5, 0.6) is 0 Å². The lowest BCUT2D eigenvalue weighted by atomic mass is 10.1. The number of benzene rings is 2. The number of nitrogens with two attached hydrogens (primary N) is 1. The summed E-state index contributed by atoms with van der Waals surface area (Å²) in [5.74, 6) is -0.157.